The van der Waals surface area contributed by atoms with Gasteiger partial charge in [0.05, 0.1) is 14.2 Å². The highest BCUT2D eigenvalue weighted by Crippen LogP contribution is 2.27. The molecule has 3 aromatic carbocycles. The number of hydrogen-bond donors (Lipinski definition) is 1. The maximum absolute atomic E-state index is 12.4. The molecule has 1 N–H and O–H groups in total. The van der Waals surface area contributed by atoms with Crippen LogP contribution in [0.15, 0.2) is 78.4 Å². The van der Waals surface area contributed by atoms with Gasteiger partial charge in [0.2, 0.25) is 0 Å². The van der Waals surface area contributed by atoms with Crippen LogP contribution < -0.4 is 19.5 Å². The number of ether oxygens (including phenoxy) is 3. The normalized spacial score (nSPS) is 10.7. The van der Waals surface area contributed by atoms with Gasteiger partial charge in [-0.05, 0) is 60.0 Å². The molecular weight excluding hydrogens is 404 g/mol. The predicted octanol–water partition coefficient (Wildman–Crippen LogP) is 4.76. The van der Waals surface area contributed by atoms with Gasteiger partial charge < -0.3 is 19.5 Å². The molecule has 0 spiro atoms. The van der Waals surface area contributed by atoms with Crippen molar-refractivity contribution in [2.24, 2.45) is 0 Å². The zero-order chi connectivity index (χ0) is 22.8. The fourth-order valence-corrected chi connectivity index (χ4v) is 3.02. The molecule has 3 aromatic rings. The second-order valence-electron chi connectivity index (χ2n) is 6.85. The molecule has 32 heavy (non-hydrogen) atoms. The van der Waals surface area contributed by atoms with E-state index in [1.54, 1.807) is 44.6 Å². The van der Waals surface area contributed by atoms with Crippen LogP contribution in [0.25, 0.3) is 6.08 Å². The summed E-state index contributed by atoms with van der Waals surface area (Å²) in [7, 11) is 3.16. The average Bonchev–Trinajstić information content (AvgIpc) is 2.84. The lowest BCUT2D eigenvalue weighted by atomic mass is 10.1. The minimum absolute atomic E-state index is 0.0361. The number of para-hydroxylation sites is 1. The van der Waals surface area contributed by atoms with E-state index in [0.29, 0.717) is 30.2 Å². The van der Waals surface area contributed by atoms with Crippen LogP contribution in [0.1, 0.15) is 11.1 Å². The summed E-state index contributed by atoms with van der Waals surface area (Å²) in [6, 6.07) is 24.2. The first kappa shape index (κ1) is 22.4. The predicted molar refractivity (Wildman–Crippen MR) is 123 cm³/mol. The van der Waals surface area contributed by atoms with Gasteiger partial charge in [-0.3, -0.25) is 4.79 Å². The van der Waals surface area contributed by atoms with Crippen molar-refractivity contribution >= 4 is 12.0 Å². The van der Waals surface area contributed by atoms with E-state index in [0.717, 1.165) is 16.9 Å². The largest absolute Gasteiger partial charge is 0.493 e. The number of carbonyl (C=O) groups is 1. The van der Waals surface area contributed by atoms with E-state index in [4.69, 9.17) is 14.2 Å². The topological polar surface area (TPSA) is 80.6 Å². The Bertz CT molecular complexity index is 1120. The molecule has 0 aliphatic carbocycles. The highest BCUT2D eigenvalue weighted by Gasteiger charge is 2.10. The van der Waals surface area contributed by atoms with Crippen molar-refractivity contribution in [3.63, 3.8) is 0 Å². The number of carbonyl (C=O) groups excluding carboxylic acids is 1. The van der Waals surface area contributed by atoms with Gasteiger partial charge in [-0.15, -0.1) is 0 Å². The number of nitrogens with one attached hydrogen (secondary N) is 1. The SMILES string of the molecule is COc1ccc(CCNC(=O)/C(C#N)=C\c2ccc(Oc3ccccc3)cc2)cc1OC. The van der Waals surface area contributed by atoms with E-state index in [1.807, 2.05) is 54.6 Å². The summed E-state index contributed by atoms with van der Waals surface area (Å²) >= 11 is 0. The van der Waals surface area contributed by atoms with Crippen molar-refractivity contribution in [1.82, 2.24) is 5.32 Å². The minimum Gasteiger partial charge on any atom is -0.493 e. The molecule has 0 fully saturated rings. The standard InChI is InChI=1S/C26H24N2O4/c1-30-24-13-10-20(17-25(24)31-2)14-15-28-26(29)21(18-27)16-19-8-11-23(12-9-19)32-22-6-4-3-5-7-22/h3-13,16-17H,14-15H2,1-2H3,(H,28,29)/b21-16-. The molecule has 0 aromatic heterocycles. The minimum atomic E-state index is -0.419. The van der Waals surface area contributed by atoms with Gasteiger partial charge >= 0.3 is 0 Å². The van der Waals surface area contributed by atoms with E-state index in [1.165, 1.54) is 0 Å². The first-order valence-electron chi connectivity index (χ1n) is 10.1. The number of methoxy groups -OCH3 is 2. The first-order chi connectivity index (χ1) is 15.6. The molecule has 162 valence electrons. The van der Waals surface area contributed by atoms with Crippen LogP contribution in [0, 0.1) is 11.3 Å². The molecule has 0 radical (unpaired) electrons. The van der Waals surface area contributed by atoms with Gasteiger partial charge in [0.25, 0.3) is 5.91 Å². The molecule has 3 rings (SSSR count). The third-order valence-corrected chi connectivity index (χ3v) is 4.68. The molecule has 0 unspecified atom stereocenters. The Hall–Kier alpha value is -4.24. The number of nitrogens with zero attached hydrogens (tertiary/aromatic N) is 1. The third kappa shape index (κ3) is 6.13. The molecule has 6 heteroatoms. The van der Waals surface area contributed by atoms with E-state index in [2.05, 4.69) is 5.32 Å². The summed E-state index contributed by atoms with van der Waals surface area (Å²) in [6.07, 6.45) is 2.15. The molecule has 0 bridgehead atoms. The molecule has 0 aliphatic heterocycles. The molecule has 0 aliphatic rings. The number of hydrogen-bond acceptors (Lipinski definition) is 5. The molecule has 0 saturated heterocycles. The summed E-state index contributed by atoms with van der Waals surface area (Å²) in [6.45, 7) is 0.386. The Morgan fingerprint density at radius 3 is 2.28 bits per heavy atom. The fraction of sp³-hybridized carbons (Fsp3) is 0.154. The Morgan fingerprint density at radius 2 is 1.62 bits per heavy atom. The van der Waals surface area contributed by atoms with E-state index in [-0.39, 0.29) is 5.57 Å². The molecule has 1 amide bonds. The lowest BCUT2D eigenvalue weighted by Crippen LogP contribution is -2.26. The molecule has 0 atom stereocenters. The van der Waals surface area contributed by atoms with Gasteiger partial charge in [0.1, 0.15) is 23.1 Å². The molecule has 0 saturated carbocycles. The molecule has 0 heterocycles. The van der Waals surface area contributed by atoms with Crippen LogP contribution in [0.5, 0.6) is 23.0 Å². The second kappa shape index (κ2) is 11.2. The Morgan fingerprint density at radius 1 is 0.938 bits per heavy atom. The van der Waals surface area contributed by atoms with Crippen LogP contribution >= 0.6 is 0 Å². The van der Waals surface area contributed by atoms with Crippen LogP contribution in [-0.2, 0) is 11.2 Å². The number of amides is 1. The van der Waals surface area contributed by atoms with Gasteiger partial charge in [-0.25, -0.2) is 0 Å². The zero-order valence-corrected chi connectivity index (χ0v) is 18.0. The number of nitriles is 1. The lowest BCUT2D eigenvalue weighted by molar-refractivity contribution is -0.117. The van der Waals surface area contributed by atoms with Crippen molar-refractivity contribution < 1.29 is 19.0 Å². The Kier molecular flexibility index (Phi) is 7.88. The zero-order valence-electron chi connectivity index (χ0n) is 18.0. The van der Waals surface area contributed by atoms with Crippen LogP contribution in [0.3, 0.4) is 0 Å². The summed E-state index contributed by atoms with van der Waals surface area (Å²) in [4.78, 5) is 12.4. The highest BCUT2D eigenvalue weighted by atomic mass is 16.5. The molecule has 6 nitrogen and oxygen atoms in total. The van der Waals surface area contributed by atoms with E-state index >= 15 is 0 Å². The first-order valence-corrected chi connectivity index (χ1v) is 10.1. The van der Waals surface area contributed by atoms with Crippen molar-refractivity contribution in [2.75, 3.05) is 20.8 Å². The summed E-state index contributed by atoms with van der Waals surface area (Å²) in [5.74, 6) is 2.27. The smallest absolute Gasteiger partial charge is 0.261 e. The van der Waals surface area contributed by atoms with Gasteiger partial charge in [0, 0.05) is 6.54 Å². The van der Waals surface area contributed by atoms with Gasteiger partial charge in [-0.2, -0.15) is 5.26 Å². The average molecular weight is 428 g/mol. The lowest BCUT2D eigenvalue weighted by Gasteiger charge is -2.10. The highest BCUT2D eigenvalue weighted by molar-refractivity contribution is 6.01. The fourth-order valence-electron chi connectivity index (χ4n) is 3.02. The monoisotopic (exact) mass is 428 g/mol. The van der Waals surface area contributed by atoms with Crippen molar-refractivity contribution in [2.45, 2.75) is 6.42 Å². The number of rotatable bonds is 9. The summed E-state index contributed by atoms with van der Waals surface area (Å²) in [5.41, 5.74) is 1.76. The molecular formula is C26H24N2O4. The van der Waals surface area contributed by atoms with Crippen molar-refractivity contribution in [3.8, 4) is 29.1 Å². The quantitative estimate of drug-likeness (QED) is 0.393. The Labute approximate surface area is 187 Å². The van der Waals surface area contributed by atoms with Crippen molar-refractivity contribution in [3.05, 3.63) is 89.5 Å². The van der Waals surface area contributed by atoms with Crippen LogP contribution in [0.2, 0.25) is 0 Å². The van der Waals surface area contributed by atoms with Crippen LogP contribution in [0.4, 0.5) is 0 Å². The van der Waals surface area contributed by atoms with E-state index in [9.17, 15) is 10.1 Å². The van der Waals surface area contributed by atoms with E-state index < -0.39 is 5.91 Å². The summed E-state index contributed by atoms with van der Waals surface area (Å²) < 4.78 is 16.3. The maximum Gasteiger partial charge on any atom is 0.261 e. The van der Waals surface area contributed by atoms with Crippen LogP contribution in [-0.4, -0.2) is 26.7 Å². The van der Waals surface area contributed by atoms with Crippen molar-refractivity contribution in [1.29, 1.82) is 5.26 Å². The second-order valence-corrected chi connectivity index (χ2v) is 6.85. The Balaban J connectivity index is 1.57. The van der Waals surface area contributed by atoms with Gasteiger partial charge in [-0.1, -0.05) is 36.4 Å². The summed E-state index contributed by atoms with van der Waals surface area (Å²) in [5, 5.41) is 12.2. The van der Waals surface area contributed by atoms with Gasteiger partial charge in [0.15, 0.2) is 11.5 Å². The number of benzene rings is 3. The third-order valence-electron chi connectivity index (χ3n) is 4.68. The maximum atomic E-state index is 12.4.